The Kier molecular flexibility index (Phi) is 7.46. The van der Waals surface area contributed by atoms with Crippen molar-refractivity contribution in [1.29, 1.82) is 0 Å². The van der Waals surface area contributed by atoms with E-state index in [2.05, 4.69) is 183 Å². The zero-order valence-electron chi connectivity index (χ0n) is 33.4. The number of benzene rings is 7. The Bertz CT molecular complexity index is 3220. The monoisotopic (exact) mass is 749 g/mol. The number of nitrogens with zero attached hydrogens (tertiary/aromatic N) is 5. The van der Waals surface area contributed by atoms with E-state index in [0.717, 1.165) is 33.1 Å². The van der Waals surface area contributed by atoms with E-state index in [9.17, 15) is 0 Å². The smallest absolute Gasteiger partial charge is 0.238 e. The predicted molar refractivity (Wildman–Crippen MR) is 240 cm³/mol. The molecule has 3 heterocycles. The molecule has 1 unspecified atom stereocenters. The molecule has 11 rings (SSSR count). The van der Waals surface area contributed by atoms with Crippen molar-refractivity contribution in [1.82, 2.24) is 24.1 Å². The van der Waals surface area contributed by atoms with Crippen molar-refractivity contribution in [2.45, 2.75) is 45.4 Å². The Morgan fingerprint density at radius 1 is 0.414 bits per heavy atom. The molecule has 1 atom stereocenters. The number of para-hydroxylation sites is 2. The van der Waals surface area contributed by atoms with Gasteiger partial charge in [-0.25, -0.2) is 4.98 Å². The first-order valence-corrected chi connectivity index (χ1v) is 20.3. The topological polar surface area (TPSA) is 48.5 Å². The second-order valence-electron chi connectivity index (χ2n) is 17.0. The zero-order chi connectivity index (χ0) is 39.3. The fourth-order valence-electron chi connectivity index (χ4n) is 9.90. The van der Waals surface area contributed by atoms with Crippen molar-refractivity contribution in [3.8, 4) is 45.5 Å². The Morgan fingerprint density at radius 3 is 1.50 bits per heavy atom. The van der Waals surface area contributed by atoms with Crippen LogP contribution in [0.15, 0.2) is 164 Å². The highest BCUT2D eigenvalue weighted by atomic mass is 15.2. The van der Waals surface area contributed by atoms with Crippen LogP contribution in [0.3, 0.4) is 0 Å². The first kappa shape index (κ1) is 34.4. The molecule has 58 heavy (non-hydrogen) atoms. The van der Waals surface area contributed by atoms with E-state index >= 15 is 0 Å². The van der Waals surface area contributed by atoms with Crippen LogP contribution in [0.5, 0.6) is 0 Å². The first-order chi connectivity index (χ1) is 28.2. The van der Waals surface area contributed by atoms with Gasteiger partial charge < -0.3 is 4.57 Å². The summed E-state index contributed by atoms with van der Waals surface area (Å²) in [4.78, 5) is 15.6. The molecule has 5 heteroatoms. The highest BCUT2D eigenvalue weighted by Gasteiger charge is 2.48. The van der Waals surface area contributed by atoms with Crippen LogP contribution in [-0.4, -0.2) is 24.1 Å². The molecule has 0 radical (unpaired) electrons. The maximum absolute atomic E-state index is 5.27. The van der Waals surface area contributed by atoms with Crippen molar-refractivity contribution >= 4 is 43.6 Å². The third-order valence-electron chi connectivity index (χ3n) is 13.4. The number of aromatic nitrogens is 5. The molecule has 7 aromatic carbocycles. The molecule has 1 aliphatic carbocycles. The van der Waals surface area contributed by atoms with Crippen LogP contribution >= 0.6 is 0 Å². The lowest BCUT2D eigenvalue weighted by Gasteiger charge is -2.32. The molecule has 0 saturated heterocycles. The molecule has 5 nitrogen and oxygen atoms in total. The van der Waals surface area contributed by atoms with Crippen LogP contribution in [0.1, 0.15) is 45.7 Å². The van der Waals surface area contributed by atoms with Gasteiger partial charge in [-0.15, -0.1) is 0 Å². The highest BCUT2D eigenvalue weighted by molar-refractivity contribution is 6.28. The number of rotatable bonds is 5. The largest absolute Gasteiger partial charge is 0.309 e. The molecule has 0 aliphatic heterocycles. The summed E-state index contributed by atoms with van der Waals surface area (Å²) in [6, 6.07) is 58.4. The van der Waals surface area contributed by atoms with Gasteiger partial charge in [0.2, 0.25) is 5.95 Å². The van der Waals surface area contributed by atoms with Gasteiger partial charge in [-0.3, -0.25) is 4.57 Å². The summed E-state index contributed by atoms with van der Waals surface area (Å²) >= 11 is 0. The molecule has 0 N–H and O–H groups in total. The lowest BCUT2D eigenvalue weighted by Crippen LogP contribution is -2.30. The fraction of sp³-hybridized carbons (Fsp3) is 0.151. The van der Waals surface area contributed by atoms with Crippen LogP contribution in [0, 0.1) is 5.92 Å². The van der Waals surface area contributed by atoms with Crippen LogP contribution in [0.25, 0.3) is 89.2 Å². The zero-order valence-corrected chi connectivity index (χ0v) is 33.4. The summed E-state index contributed by atoms with van der Waals surface area (Å²) in [6.45, 7) is 12.0. The second-order valence-corrected chi connectivity index (χ2v) is 17.0. The molecule has 0 bridgehead atoms. The van der Waals surface area contributed by atoms with Crippen LogP contribution in [0.4, 0.5) is 0 Å². The van der Waals surface area contributed by atoms with Gasteiger partial charge in [0.25, 0.3) is 0 Å². The molecule has 0 fully saturated rings. The minimum atomic E-state index is 0.0558. The third kappa shape index (κ3) is 4.99. The van der Waals surface area contributed by atoms with Gasteiger partial charge in [0, 0.05) is 38.4 Å². The molecular weight excluding hydrogens is 707 g/mol. The quantitative estimate of drug-likeness (QED) is 0.176. The summed E-state index contributed by atoms with van der Waals surface area (Å²) in [5, 5.41) is 4.80. The van der Waals surface area contributed by atoms with E-state index in [1.54, 1.807) is 0 Å². The SMILES string of the molecule is CC1C(C)(C)c2ccc(-n3c4ccccc4c4c5c6ccccc6n(-c6nc(-c7ccccc7)nc(-c7ccc(-c8ccccc8)cc7)n6)c5ccc43)cc2C1(C)C. The van der Waals surface area contributed by atoms with Crippen LogP contribution in [0.2, 0.25) is 0 Å². The third-order valence-corrected chi connectivity index (χ3v) is 13.4. The molecular formula is C53H43N5. The minimum Gasteiger partial charge on any atom is -0.309 e. The van der Waals surface area contributed by atoms with Crippen LogP contribution < -0.4 is 0 Å². The minimum absolute atomic E-state index is 0.0558. The van der Waals surface area contributed by atoms with Crippen molar-refractivity contribution < 1.29 is 0 Å². The Balaban J connectivity index is 1.16. The molecule has 1 aliphatic rings. The average Bonchev–Trinajstić information content (AvgIpc) is 3.83. The maximum Gasteiger partial charge on any atom is 0.238 e. The lowest BCUT2D eigenvalue weighted by atomic mass is 9.71. The summed E-state index contributed by atoms with van der Waals surface area (Å²) in [5.74, 6) is 2.36. The van der Waals surface area contributed by atoms with Gasteiger partial charge in [-0.2, -0.15) is 9.97 Å². The van der Waals surface area contributed by atoms with E-state index in [1.807, 2.05) is 24.3 Å². The van der Waals surface area contributed by atoms with Crippen LogP contribution in [-0.2, 0) is 10.8 Å². The first-order valence-electron chi connectivity index (χ1n) is 20.3. The Labute approximate surface area is 338 Å². The Morgan fingerprint density at radius 2 is 0.879 bits per heavy atom. The Hall–Kier alpha value is -6.85. The average molecular weight is 750 g/mol. The van der Waals surface area contributed by atoms with Gasteiger partial charge in [0.05, 0.1) is 22.1 Å². The molecule has 0 saturated carbocycles. The number of hydrogen-bond donors (Lipinski definition) is 0. The molecule has 0 amide bonds. The number of fused-ring (bicyclic) bond motifs is 8. The summed E-state index contributed by atoms with van der Waals surface area (Å²) in [6.07, 6.45) is 0. The van der Waals surface area contributed by atoms with E-state index in [-0.39, 0.29) is 10.8 Å². The van der Waals surface area contributed by atoms with E-state index < -0.39 is 0 Å². The highest BCUT2D eigenvalue weighted by Crippen LogP contribution is 2.54. The van der Waals surface area contributed by atoms with Crippen molar-refractivity contribution in [2.24, 2.45) is 5.92 Å². The standard InChI is InChI=1S/C53H43N5/c1-33-52(2,3)41-29-28-38(32-42(41)53(33,4)5)57-43-22-14-12-20-39(43)47-45(57)30-31-46-48(47)40-21-13-15-23-44(40)58(46)51-55-49(36-18-10-7-11-19-36)54-50(56-51)37-26-24-35(25-27-37)34-16-8-6-9-17-34/h6-33H,1-5H3. The number of hydrogen-bond acceptors (Lipinski definition) is 3. The van der Waals surface area contributed by atoms with E-state index in [4.69, 9.17) is 15.0 Å². The summed E-state index contributed by atoms with van der Waals surface area (Å²) < 4.78 is 4.70. The maximum atomic E-state index is 5.27. The van der Waals surface area contributed by atoms with Gasteiger partial charge in [-0.1, -0.05) is 162 Å². The van der Waals surface area contributed by atoms with Gasteiger partial charge in [0.15, 0.2) is 11.6 Å². The van der Waals surface area contributed by atoms with E-state index in [0.29, 0.717) is 23.5 Å². The molecule has 0 spiro atoms. The molecule has 10 aromatic rings. The second kappa shape index (κ2) is 12.6. The lowest BCUT2D eigenvalue weighted by molar-refractivity contribution is 0.264. The fourth-order valence-corrected chi connectivity index (χ4v) is 9.90. The summed E-state index contributed by atoms with van der Waals surface area (Å²) in [5.41, 5.74) is 12.9. The normalized spacial score (nSPS) is 15.8. The van der Waals surface area contributed by atoms with Gasteiger partial charge >= 0.3 is 0 Å². The predicted octanol–water partition coefficient (Wildman–Crippen LogP) is 13.3. The van der Waals surface area contributed by atoms with Gasteiger partial charge in [0.1, 0.15) is 0 Å². The van der Waals surface area contributed by atoms with Crippen molar-refractivity contribution in [3.05, 3.63) is 175 Å². The molecule has 280 valence electrons. The van der Waals surface area contributed by atoms with Crippen molar-refractivity contribution in [3.63, 3.8) is 0 Å². The van der Waals surface area contributed by atoms with Gasteiger partial charge in [-0.05, 0) is 75.4 Å². The van der Waals surface area contributed by atoms with Crippen molar-refractivity contribution in [2.75, 3.05) is 0 Å². The molecule has 3 aromatic heterocycles. The van der Waals surface area contributed by atoms with E-state index in [1.165, 1.54) is 49.6 Å². The summed E-state index contributed by atoms with van der Waals surface area (Å²) in [7, 11) is 0.